The van der Waals surface area contributed by atoms with Gasteiger partial charge in [-0.3, -0.25) is 4.79 Å². The number of piperidine rings is 1. The van der Waals surface area contributed by atoms with Crippen LogP contribution in [0.15, 0.2) is 49.1 Å². The lowest BCUT2D eigenvalue weighted by Gasteiger charge is -2.38. The zero-order valence-electron chi connectivity index (χ0n) is 17.1. The highest BCUT2D eigenvalue weighted by Gasteiger charge is 2.52. The molecular weight excluding hydrogens is 423 g/mol. The maximum atomic E-state index is 13.5. The van der Waals surface area contributed by atoms with Crippen molar-refractivity contribution in [2.75, 3.05) is 5.32 Å². The van der Waals surface area contributed by atoms with Crippen molar-refractivity contribution in [1.82, 2.24) is 29.9 Å². The molecule has 8 nitrogen and oxygen atoms in total. The van der Waals surface area contributed by atoms with Gasteiger partial charge in [-0.15, -0.1) is 4.80 Å². The van der Waals surface area contributed by atoms with Crippen molar-refractivity contribution in [2.45, 2.75) is 44.1 Å². The Hall–Kier alpha value is -3.50. The number of amides is 1. The highest BCUT2D eigenvalue weighted by molar-refractivity contribution is 5.96. The molecule has 0 aromatic carbocycles. The van der Waals surface area contributed by atoms with E-state index < -0.39 is 11.7 Å². The van der Waals surface area contributed by atoms with Crippen LogP contribution >= 0.6 is 0 Å². The van der Waals surface area contributed by atoms with E-state index in [-0.39, 0.29) is 35.6 Å². The smallest absolute Gasteiger partial charge is 0.365 e. The van der Waals surface area contributed by atoms with Crippen LogP contribution in [0.2, 0.25) is 0 Å². The van der Waals surface area contributed by atoms with Crippen LogP contribution in [0.3, 0.4) is 0 Å². The molecule has 3 aromatic rings. The molecule has 2 bridgehead atoms. The average molecular weight is 443 g/mol. The number of pyridine rings is 2. The molecule has 32 heavy (non-hydrogen) atoms. The molecule has 1 saturated carbocycles. The minimum Gasteiger partial charge on any atom is -0.365 e. The van der Waals surface area contributed by atoms with Gasteiger partial charge in [0.2, 0.25) is 0 Å². The summed E-state index contributed by atoms with van der Waals surface area (Å²) in [6, 6.07) is 5.57. The number of halogens is 3. The Bertz CT molecular complexity index is 1120. The van der Waals surface area contributed by atoms with E-state index in [1.807, 2.05) is 11.8 Å². The number of hydrogen-bond donors (Lipinski definition) is 1. The number of aromatic nitrogens is 5. The molecule has 4 heterocycles. The lowest BCUT2D eigenvalue weighted by Crippen LogP contribution is -2.52. The van der Waals surface area contributed by atoms with Crippen LogP contribution in [0.5, 0.6) is 0 Å². The van der Waals surface area contributed by atoms with Crippen LogP contribution in [-0.4, -0.2) is 53.9 Å². The number of fused-ring (bicyclic) bond motifs is 2. The molecule has 4 atom stereocenters. The first kappa shape index (κ1) is 20.4. The second-order valence-corrected chi connectivity index (χ2v) is 8.12. The van der Waals surface area contributed by atoms with Crippen molar-refractivity contribution in [3.63, 3.8) is 0 Å². The van der Waals surface area contributed by atoms with E-state index in [0.717, 1.165) is 25.1 Å². The van der Waals surface area contributed by atoms with Gasteiger partial charge in [-0.2, -0.15) is 23.4 Å². The predicted molar refractivity (Wildman–Crippen MR) is 108 cm³/mol. The molecule has 0 radical (unpaired) electrons. The van der Waals surface area contributed by atoms with E-state index in [4.69, 9.17) is 0 Å². The van der Waals surface area contributed by atoms with Crippen LogP contribution in [0, 0.1) is 5.92 Å². The molecular formula is C21H20F3N7O. The van der Waals surface area contributed by atoms with Crippen molar-refractivity contribution >= 4 is 11.7 Å². The van der Waals surface area contributed by atoms with Gasteiger partial charge >= 0.3 is 6.18 Å². The summed E-state index contributed by atoms with van der Waals surface area (Å²) in [5.74, 6) is 0.422. The summed E-state index contributed by atoms with van der Waals surface area (Å²) in [6.07, 6.45) is 2.62. The van der Waals surface area contributed by atoms with Crippen molar-refractivity contribution in [3.8, 4) is 5.69 Å². The summed E-state index contributed by atoms with van der Waals surface area (Å²) in [7, 11) is 0. The second-order valence-electron chi connectivity index (χ2n) is 8.12. The first-order valence-corrected chi connectivity index (χ1v) is 10.3. The van der Waals surface area contributed by atoms with Gasteiger partial charge in [0, 0.05) is 24.5 Å². The number of likely N-dealkylation sites (tertiary alicyclic amines) is 1. The number of alkyl halides is 3. The van der Waals surface area contributed by atoms with Gasteiger partial charge < -0.3 is 10.2 Å². The van der Waals surface area contributed by atoms with E-state index in [0.29, 0.717) is 11.5 Å². The van der Waals surface area contributed by atoms with Crippen LogP contribution in [0.25, 0.3) is 5.69 Å². The fourth-order valence-corrected chi connectivity index (χ4v) is 4.80. The molecule has 3 aromatic heterocycles. The van der Waals surface area contributed by atoms with Gasteiger partial charge in [0.05, 0.1) is 24.0 Å². The third-order valence-corrected chi connectivity index (χ3v) is 6.33. The molecule has 5 rings (SSSR count). The largest absolute Gasteiger partial charge is 0.417 e. The molecule has 1 aliphatic heterocycles. The summed E-state index contributed by atoms with van der Waals surface area (Å²) in [4.78, 5) is 25.0. The van der Waals surface area contributed by atoms with Gasteiger partial charge in [0.1, 0.15) is 11.5 Å². The number of nitrogens with zero attached hydrogens (tertiary/aromatic N) is 6. The van der Waals surface area contributed by atoms with Crippen LogP contribution in [0.1, 0.15) is 35.8 Å². The Morgan fingerprint density at radius 1 is 1.09 bits per heavy atom. The van der Waals surface area contributed by atoms with Gasteiger partial charge in [-0.05, 0) is 49.9 Å². The predicted octanol–water partition coefficient (Wildman–Crippen LogP) is 3.18. The monoisotopic (exact) mass is 443 g/mol. The number of carbonyl (C=O) groups is 1. The van der Waals surface area contributed by atoms with E-state index in [2.05, 4.69) is 25.5 Å². The van der Waals surface area contributed by atoms with Crippen LogP contribution < -0.4 is 5.32 Å². The van der Waals surface area contributed by atoms with Gasteiger partial charge in [-0.25, -0.2) is 9.97 Å². The first-order valence-electron chi connectivity index (χ1n) is 10.3. The van der Waals surface area contributed by atoms with Crippen molar-refractivity contribution in [1.29, 1.82) is 0 Å². The molecule has 2 aliphatic rings. The van der Waals surface area contributed by atoms with Gasteiger partial charge in [0.15, 0.2) is 5.69 Å². The molecule has 1 aliphatic carbocycles. The lowest BCUT2D eigenvalue weighted by molar-refractivity contribution is -0.137. The maximum Gasteiger partial charge on any atom is 0.417 e. The quantitative estimate of drug-likeness (QED) is 0.666. The van der Waals surface area contributed by atoms with E-state index in [9.17, 15) is 18.0 Å². The second kappa shape index (κ2) is 7.57. The minimum absolute atomic E-state index is 0.0200. The van der Waals surface area contributed by atoms with Crippen molar-refractivity contribution < 1.29 is 18.0 Å². The summed E-state index contributed by atoms with van der Waals surface area (Å²) in [5, 5.41) is 11.5. The standard InChI is InChI=1S/C21H20F3N7O/c1-12-13-9-15(29-18-5-4-14(11-26-18)21(22,23)24)17(10-13)30(12)20(32)19-16(3-2-6-25-19)31-27-7-8-28-31/h2-8,11-13,15,17H,9-10H2,1H3,(H,26,29)/t12-,13+,15-,17+/m1/s1. The number of rotatable bonds is 4. The Labute approximate surface area is 181 Å². The number of nitrogens with one attached hydrogen (secondary N) is 1. The third-order valence-electron chi connectivity index (χ3n) is 6.33. The molecule has 0 spiro atoms. The first-order chi connectivity index (χ1) is 15.3. The maximum absolute atomic E-state index is 13.5. The normalized spacial score (nSPS) is 24.7. The summed E-state index contributed by atoms with van der Waals surface area (Å²) >= 11 is 0. The van der Waals surface area contributed by atoms with E-state index in [1.54, 1.807) is 18.3 Å². The van der Waals surface area contributed by atoms with Gasteiger partial charge in [-0.1, -0.05) is 0 Å². The van der Waals surface area contributed by atoms with E-state index in [1.165, 1.54) is 23.3 Å². The van der Waals surface area contributed by atoms with Crippen LogP contribution in [-0.2, 0) is 6.18 Å². The van der Waals surface area contributed by atoms with Crippen LogP contribution in [0.4, 0.5) is 19.0 Å². The molecule has 0 unspecified atom stereocenters. The minimum atomic E-state index is -4.43. The number of carbonyl (C=O) groups excluding carboxylic acids is 1. The van der Waals surface area contributed by atoms with Crippen molar-refractivity contribution in [3.05, 3.63) is 60.3 Å². The topological polar surface area (TPSA) is 88.8 Å². The Morgan fingerprint density at radius 2 is 1.88 bits per heavy atom. The zero-order chi connectivity index (χ0) is 22.5. The van der Waals surface area contributed by atoms with Gasteiger partial charge in [0.25, 0.3) is 5.91 Å². The number of hydrogen-bond acceptors (Lipinski definition) is 6. The SMILES string of the molecule is C[C@@H]1[C@H]2C[C@@H](Nc3ccc(C(F)(F)F)cn3)[C@H](C2)N1C(=O)c1ncccc1-n1nccn1. The lowest BCUT2D eigenvalue weighted by atomic mass is 9.97. The molecule has 1 amide bonds. The Balaban J connectivity index is 1.38. The molecule has 1 N–H and O–H groups in total. The summed E-state index contributed by atoms with van der Waals surface area (Å²) < 4.78 is 38.4. The highest BCUT2D eigenvalue weighted by Crippen LogP contribution is 2.44. The van der Waals surface area contributed by atoms with Crippen molar-refractivity contribution in [2.24, 2.45) is 5.92 Å². The molecule has 11 heteroatoms. The summed E-state index contributed by atoms with van der Waals surface area (Å²) in [5.41, 5.74) is -0.0442. The number of anilines is 1. The van der Waals surface area contributed by atoms with E-state index >= 15 is 0 Å². The zero-order valence-corrected chi connectivity index (χ0v) is 17.1. The fraction of sp³-hybridized carbons (Fsp3) is 0.381. The Kier molecular flexibility index (Phi) is 4.83. The third kappa shape index (κ3) is 3.47. The molecule has 1 saturated heterocycles. The molecule has 166 valence electrons. The fourth-order valence-electron chi connectivity index (χ4n) is 4.80. The Morgan fingerprint density at radius 3 is 2.53 bits per heavy atom. The summed E-state index contributed by atoms with van der Waals surface area (Å²) in [6.45, 7) is 2.02. The average Bonchev–Trinajstić information content (AvgIpc) is 3.50. The highest BCUT2D eigenvalue weighted by atomic mass is 19.4. The molecule has 2 fully saturated rings.